The summed E-state index contributed by atoms with van der Waals surface area (Å²) in [4.78, 5) is 4.36. The quantitative estimate of drug-likeness (QED) is 0.876. The second kappa shape index (κ2) is 4.07. The SMILES string of the molecule is CCCC(C)(N)c1nnc2nc(C)cc(C)n12. The van der Waals surface area contributed by atoms with Crippen molar-refractivity contribution >= 4 is 5.78 Å². The zero-order valence-electron chi connectivity index (χ0n) is 10.9. The number of hydrogen-bond donors (Lipinski definition) is 1. The standard InChI is InChI=1S/C12H19N5/c1-5-6-12(4,13)10-15-16-11-14-8(2)7-9(3)17(10)11/h7H,5-6,13H2,1-4H3. The molecule has 0 aliphatic rings. The Morgan fingerprint density at radius 2 is 2.06 bits per heavy atom. The average molecular weight is 233 g/mol. The molecule has 0 fully saturated rings. The summed E-state index contributed by atoms with van der Waals surface area (Å²) in [6, 6.07) is 2.02. The molecule has 5 nitrogen and oxygen atoms in total. The summed E-state index contributed by atoms with van der Waals surface area (Å²) in [5.74, 6) is 1.42. The zero-order valence-corrected chi connectivity index (χ0v) is 10.9. The molecule has 0 radical (unpaired) electrons. The van der Waals surface area contributed by atoms with Crippen LogP contribution in [0.1, 0.15) is 43.9 Å². The topological polar surface area (TPSA) is 69.1 Å². The highest BCUT2D eigenvalue weighted by molar-refractivity contribution is 5.34. The van der Waals surface area contributed by atoms with Crippen molar-refractivity contribution in [3.8, 4) is 0 Å². The van der Waals surface area contributed by atoms with Gasteiger partial charge in [0.15, 0.2) is 5.82 Å². The van der Waals surface area contributed by atoms with Gasteiger partial charge in [-0.15, -0.1) is 10.2 Å². The van der Waals surface area contributed by atoms with Crippen LogP contribution in [0.4, 0.5) is 0 Å². The summed E-state index contributed by atoms with van der Waals surface area (Å²) in [6.07, 6.45) is 1.89. The second-order valence-electron chi connectivity index (χ2n) is 4.87. The smallest absolute Gasteiger partial charge is 0.255 e. The van der Waals surface area contributed by atoms with Crippen molar-refractivity contribution in [2.75, 3.05) is 0 Å². The summed E-state index contributed by atoms with van der Waals surface area (Å²) in [5.41, 5.74) is 7.87. The van der Waals surface area contributed by atoms with Crippen LogP contribution in [-0.2, 0) is 5.54 Å². The Kier molecular flexibility index (Phi) is 2.87. The molecule has 1 unspecified atom stereocenters. The molecule has 92 valence electrons. The largest absolute Gasteiger partial charge is 0.319 e. The molecule has 0 amide bonds. The Morgan fingerprint density at radius 3 is 2.71 bits per heavy atom. The van der Waals surface area contributed by atoms with Crippen LogP contribution in [0.25, 0.3) is 5.78 Å². The van der Waals surface area contributed by atoms with E-state index in [1.54, 1.807) is 0 Å². The molecule has 0 aromatic carbocycles. The molecule has 0 spiro atoms. The lowest BCUT2D eigenvalue weighted by Gasteiger charge is -2.22. The van der Waals surface area contributed by atoms with Crippen molar-refractivity contribution in [3.05, 3.63) is 23.3 Å². The first-order valence-corrected chi connectivity index (χ1v) is 5.94. The van der Waals surface area contributed by atoms with Crippen LogP contribution >= 0.6 is 0 Å². The van der Waals surface area contributed by atoms with Gasteiger partial charge in [-0.1, -0.05) is 13.3 Å². The van der Waals surface area contributed by atoms with E-state index in [4.69, 9.17) is 5.73 Å². The molecule has 17 heavy (non-hydrogen) atoms. The van der Waals surface area contributed by atoms with Crippen molar-refractivity contribution < 1.29 is 0 Å². The number of rotatable bonds is 3. The van der Waals surface area contributed by atoms with Crippen LogP contribution in [-0.4, -0.2) is 19.6 Å². The van der Waals surface area contributed by atoms with Gasteiger partial charge in [0, 0.05) is 11.4 Å². The number of aryl methyl sites for hydroxylation is 2. The van der Waals surface area contributed by atoms with Gasteiger partial charge in [-0.3, -0.25) is 4.40 Å². The predicted octanol–water partition coefficient (Wildman–Crippen LogP) is 1.72. The molecule has 0 aliphatic heterocycles. The van der Waals surface area contributed by atoms with E-state index in [2.05, 4.69) is 22.1 Å². The molecule has 2 heterocycles. The Bertz CT molecular complexity index is 541. The number of hydrogen-bond acceptors (Lipinski definition) is 4. The van der Waals surface area contributed by atoms with Crippen molar-refractivity contribution in [2.45, 2.75) is 46.1 Å². The fourth-order valence-electron chi connectivity index (χ4n) is 2.23. The molecule has 0 saturated heterocycles. The van der Waals surface area contributed by atoms with Crippen molar-refractivity contribution in [1.82, 2.24) is 19.6 Å². The van der Waals surface area contributed by atoms with Crippen molar-refractivity contribution in [3.63, 3.8) is 0 Å². The third-order valence-electron chi connectivity index (χ3n) is 2.97. The highest BCUT2D eigenvalue weighted by Gasteiger charge is 2.27. The molecule has 2 aromatic rings. The second-order valence-corrected chi connectivity index (χ2v) is 4.87. The number of aromatic nitrogens is 4. The van der Waals surface area contributed by atoms with E-state index in [0.717, 1.165) is 30.1 Å². The van der Waals surface area contributed by atoms with Crippen LogP contribution < -0.4 is 5.73 Å². The Morgan fingerprint density at radius 1 is 1.35 bits per heavy atom. The lowest BCUT2D eigenvalue weighted by atomic mass is 9.96. The maximum Gasteiger partial charge on any atom is 0.255 e. The maximum atomic E-state index is 6.31. The van der Waals surface area contributed by atoms with E-state index in [9.17, 15) is 0 Å². The number of nitrogens with zero attached hydrogens (tertiary/aromatic N) is 4. The van der Waals surface area contributed by atoms with Crippen LogP contribution in [0.2, 0.25) is 0 Å². The molecular formula is C12H19N5. The van der Waals surface area contributed by atoms with Gasteiger partial charge >= 0.3 is 0 Å². The fraction of sp³-hybridized carbons (Fsp3) is 0.583. The third-order valence-corrected chi connectivity index (χ3v) is 2.97. The van der Waals surface area contributed by atoms with Gasteiger partial charge in [0.2, 0.25) is 0 Å². The molecule has 2 rings (SSSR count). The first kappa shape index (κ1) is 12.0. The first-order valence-electron chi connectivity index (χ1n) is 5.94. The molecular weight excluding hydrogens is 214 g/mol. The minimum atomic E-state index is -0.462. The summed E-state index contributed by atoms with van der Waals surface area (Å²) in [6.45, 7) is 8.08. The highest BCUT2D eigenvalue weighted by Crippen LogP contribution is 2.22. The average Bonchev–Trinajstić information content (AvgIpc) is 2.61. The van der Waals surface area contributed by atoms with Crippen molar-refractivity contribution in [1.29, 1.82) is 0 Å². The summed E-state index contributed by atoms with van der Waals surface area (Å²) in [7, 11) is 0. The number of nitrogens with two attached hydrogens (primary N) is 1. The lowest BCUT2D eigenvalue weighted by molar-refractivity contribution is 0.414. The molecule has 2 aromatic heterocycles. The van der Waals surface area contributed by atoms with Crippen molar-refractivity contribution in [2.24, 2.45) is 5.73 Å². The summed E-state index contributed by atoms with van der Waals surface area (Å²) < 4.78 is 1.95. The van der Waals surface area contributed by atoms with E-state index in [1.807, 2.05) is 31.2 Å². The normalized spacial score (nSPS) is 15.1. The first-order chi connectivity index (χ1) is 7.95. The van der Waals surface area contributed by atoms with Crippen LogP contribution in [0.15, 0.2) is 6.07 Å². The Labute approximate surface area is 101 Å². The lowest BCUT2D eigenvalue weighted by Crippen LogP contribution is -2.35. The molecule has 1 atom stereocenters. The predicted molar refractivity (Wildman–Crippen MR) is 66.7 cm³/mol. The van der Waals surface area contributed by atoms with Crippen LogP contribution in [0.5, 0.6) is 0 Å². The minimum absolute atomic E-state index is 0.462. The zero-order chi connectivity index (χ0) is 12.6. The summed E-state index contributed by atoms with van der Waals surface area (Å²) >= 11 is 0. The molecule has 0 aliphatic carbocycles. The number of fused-ring (bicyclic) bond motifs is 1. The molecule has 2 N–H and O–H groups in total. The van der Waals surface area contributed by atoms with E-state index in [1.165, 1.54) is 0 Å². The molecule has 5 heteroatoms. The van der Waals surface area contributed by atoms with Crippen LogP contribution in [0.3, 0.4) is 0 Å². The van der Waals surface area contributed by atoms with E-state index >= 15 is 0 Å². The minimum Gasteiger partial charge on any atom is -0.319 e. The highest BCUT2D eigenvalue weighted by atomic mass is 15.3. The molecule has 0 bridgehead atoms. The van der Waals surface area contributed by atoms with Gasteiger partial charge < -0.3 is 5.73 Å². The van der Waals surface area contributed by atoms with Gasteiger partial charge in [-0.05, 0) is 33.3 Å². The van der Waals surface area contributed by atoms with E-state index in [-0.39, 0.29) is 0 Å². The molecule has 0 saturated carbocycles. The monoisotopic (exact) mass is 233 g/mol. The summed E-state index contributed by atoms with van der Waals surface area (Å²) in [5, 5.41) is 8.32. The van der Waals surface area contributed by atoms with E-state index < -0.39 is 5.54 Å². The third kappa shape index (κ3) is 2.02. The van der Waals surface area contributed by atoms with Gasteiger partial charge in [-0.25, -0.2) is 4.98 Å². The van der Waals surface area contributed by atoms with Crippen LogP contribution in [0, 0.1) is 13.8 Å². The Hall–Kier alpha value is -1.49. The van der Waals surface area contributed by atoms with Gasteiger partial charge in [-0.2, -0.15) is 0 Å². The Balaban J connectivity index is 2.64. The maximum absolute atomic E-state index is 6.31. The van der Waals surface area contributed by atoms with E-state index in [0.29, 0.717) is 5.78 Å². The van der Waals surface area contributed by atoms with Gasteiger partial charge in [0.1, 0.15) is 0 Å². The van der Waals surface area contributed by atoms with Gasteiger partial charge in [0.25, 0.3) is 5.78 Å². The fourth-order valence-corrected chi connectivity index (χ4v) is 2.23. The van der Waals surface area contributed by atoms with Gasteiger partial charge in [0.05, 0.1) is 5.54 Å².